The van der Waals surface area contributed by atoms with E-state index in [0.29, 0.717) is 18.8 Å². The van der Waals surface area contributed by atoms with Crippen LogP contribution >= 0.6 is 0 Å². The van der Waals surface area contributed by atoms with E-state index in [9.17, 15) is 9.50 Å². The van der Waals surface area contributed by atoms with Crippen LogP contribution in [0.15, 0.2) is 48.5 Å². The molecule has 0 amide bonds. The van der Waals surface area contributed by atoms with Crippen LogP contribution in [0.1, 0.15) is 11.1 Å². The molecule has 0 atom stereocenters. The molecule has 0 heterocycles. The molecule has 0 aromatic heterocycles. The highest BCUT2D eigenvalue weighted by molar-refractivity contribution is 5.31. The summed E-state index contributed by atoms with van der Waals surface area (Å²) in [4.78, 5) is 0. The van der Waals surface area contributed by atoms with Gasteiger partial charge in [0.25, 0.3) is 0 Å². The number of phenols is 1. The maximum atomic E-state index is 12.7. The Morgan fingerprint density at radius 3 is 2.35 bits per heavy atom. The molecule has 0 saturated carbocycles. The normalized spacial score (nSPS) is 10.4. The monoisotopic (exact) mass is 231 g/mol. The summed E-state index contributed by atoms with van der Waals surface area (Å²) >= 11 is 0. The fraction of sp³-hybridized carbons (Fsp3) is 0.143. The van der Waals surface area contributed by atoms with Crippen LogP contribution in [0.25, 0.3) is 0 Å². The number of rotatable bonds is 4. The number of benzene rings is 2. The molecule has 2 aromatic carbocycles. The molecule has 17 heavy (non-hydrogen) atoms. The quantitative estimate of drug-likeness (QED) is 0.848. The van der Waals surface area contributed by atoms with Crippen LogP contribution in [0.4, 0.5) is 4.39 Å². The number of hydrogen-bond acceptors (Lipinski definition) is 2. The second-order valence-electron chi connectivity index (χ2n) is 3.86. The Bertz CT molecular complexity index is 482. The third kappa shape index (κ3) is 3.29. The fourth-order valence-electron chi connectivity index (χ4n) is 1.60. The van der Waals surface area contributed by atoms with E-state index >= 15 is 0 Å². The molecule has 0 saturated heterocycles. The van der Waals surface area contributed by atoms with E-state index in [1.165, 1.54) is 12.1 Å². The number of phenolic OH excluding ortho intramolecular Hbond substituents is 1. The Kier molecular flexibility index (Phi) is 3.73. The molecule has 88 valence electrons. The van der Waals surface area contributed by atoms with Gasteiger partial charge in [-0.25, -0.2) is 4.39 Å². The number of aromatic hydroxyl groups is 1. The van der Waals surface area contributed by atoms with Crippen LogP contribution in [0.5, 0.6) is 5.75 Å². The summed E-state index contributed by atoms with van der Waals surface area (Å²) in [5, 5.41) is 12.8. The van der Waals surface area contributed by atoms with Crippen molar-refractivity contribution in [2.75, 3.05) is 0 Å². The van der Waals surface area contributed by atoms with Gasteiger partial charge in [-0.15, -0.1) is 0 Å². The van der Waals surface area contributed by atoms with Crippen molar-refractivity contribution in [2.24, 2.45) is 0 Å². The molecule has 0 aliphatic heterocycles. The van der Waals surface area contributed by atoms with Crippen molar-refractivity contribution in [3.8, 4) is 5.75 Å². The summed E-state index contributed by atoms with van der Waals surface area (Å²) in [6.45, 7) is 1.23. The molecule has 2 N–H and O–H groups in total. The molecule has 0 fully saturated rings. The van der Waals surface area contributed by atoms with E-state index in [1.807, 2.05) is 12.1 Å². The lowest BCUT2D eigenvalue weighted by atomic mass is 10.2. The first-order chi connectivity index (χ1) is 8.25. The van der Waals surface area contributed by atoms with Gasteiger partial charge in [0.2, 0.25) is 0 Å². The van der Waals surface area contributed by atoms with Gasteiger partial charge in [-0.3, -0.25) is 0 Å². The molecule has 0 radical (unpaired) electrons. The summed E-state index contributed by atoms with van der Waals surface area (Å²) in [6.07, 6.45) is 0. The first-order valence-corrected chi connectivity index (χ1v) is 5.48. The molecular weight excluding hydrogens is 217 g/mol. The largest absolute Gasteiger partial charge is 0.508 e. The zero-order valence-corrected chi connectivity index (χ0v) is 9.36. The highest BCUT2D eigenvalue weighted by atomic mass is 19.1. The van der Waals surface area contributed by atoms with Gasteiger partial charge >= 0.3 is 0 Å². The lowest BCUT2D eigenvalue weighted by molar-refractivity contribution is 0.464. The van der Waals surface area contributed by atoms with Crippen LogP contribution in [0.3, 0.4) is 0 Å². The molecular formula is C14H14FNO. The molecule has 2 rings (SSSR count). The number of halogens is 1. The topological polar surface area (TPSA) is 32.3 Å². The molecule has 2 nitrogen and oxygen atoms in total. The summed E-state index contributed by atoms with van der Waals surface area (Å²) in [6, 6.07) is 13.6. The van der Waals surface area contributed by atoms with Crippen molar-refractivity contribution in [1.82, 2.24) is 5.32 Å². The summed E-state index contributed by atoms with van der Waals surface area (Å²) in [5.41, 5.74) is 1.87. The van der Waals surface area contributed by atoms with Gasteiger partial charge in [0.1, 0.15) is 11.6 Å². The van der Waals surface area contributed by atoms with Gasteiger partial charge in [0, 0.05) is 18.7 Å². The second kappa shape index (κ2) is 5.46. The van der Waals surface area contributed by atoms with Crippen LogP contribution in [-0.2, 0) is 13.1 Å². The third-order valence-corrected chi connectivity index (χ3v) is 2.55. The smallest absolute Gasteiger partial charge is 0.123 e. The molecule has 0 aliphatic carbocycles. The Labute approximate surface area is 99.7 Å². The Morgan fingerprint density at radius 2 is 1.65 bits per heavy atom. The zero-order valence-electron chi connectivity index (χ0n) is 9.36. The molecule has 0 spiro atoms. The minimum absolute atomic E-state index is 0.227. The number of para-hydroxylation sites is 1. The Hall–Kier alpha value is -1.87. The maximum Gasteiger partial charge on any atom is 0.123 e. The van der Waals surface area contributed by atoms with Gasteiger partial charge in [-0.05, 0) is 23.8 Å². The number of nitrogens with one attached hydrogen (secondary N) is 1. The Balaban J connectivity index is 1.88. The Morgan fingerprint density at radius 1 is 0.941 bits per heavy atom. The lowest BCUT2D eigenvalue weighted by Crippen LogP contribution is -2.12. The van der Waals surface area contributed by atoms with Crippen LogP contribution in [-0.4, -0.2) is 5.11 Å². The van der Waals surface area contributed by atoms with E-state index in [4.69, 9.17) is 0 Å². The predicted octanol–water partition coefficient (Wildman–Crippen LogP) is 2.82. The maximum absolute atomic E-state index is 12.7. The minimum Gasteiger partial charge on any atom is -0.508 e. The van der Waals surface area contributed by atoms with Gasteiger partial charge in [0.15, 0.2) is 0 Å². The molecule has 0 bridgehead atoms. The first kappa shape index (κ1) is 11.6. The van der Waals surface area contributed by atoms with Gasteiger partial charge in [0.05, 0.1) is 0 Å². The molecule has 2 aromatic rings. The van der Waals surface area contributed by atoms with E-state index < -0.39 is 0 Å². The summed E-state index contributed by atoms with van der Waals surface area (Å²) in [7, 11) is 0. The van der Waals surface area contributed by atoms with Crippen molar-refractivity contribution in [3.63, 3.8) is 0 Å². The highest BCUT2D eigenvalue weighted by Crippen LogP contribution is 2.15. The van der Waals surface area contributed by atoms with Gasteiger partial charge < -0.3 is 10.4 Å². The van der Waals surface area contributed by atoms with E-state index in [0.717, 1.165) is 11.1 Å². The van der Waals surface area contributed by atoms with E-state index in [1.54, 1.807) is 24.3 Å². The van der Waals surface area contributed by atoms with Crippen molar-refractivity contribution in [2.45, 2.75) is 13.1 Å². The lowest BCUT2D eigenvalue weighted by Gasteiger charge is -2.06. The number of hydrogen-bond donors (Lipinski definition) is 2. The van der Waals surface area contributed by atoms with Crippen molar-refractivity contribution >= 4 is 0 Å². The average Bonchev–Trinajstić information content (AvgIpc) is 2.34. The molecule has 0 unspecified atom stereocenters. The SMILES string of the molecule is Oc1ccccc1CNCc1ccc(F)cc1. The van der Waals surface area contributed by atoms with Crippen molar-refractivity contribution < 1.29 is 9.50 Å². The second-order valence-corrected chi connectivity index (χ2v) is 3.86. The van der Waals surface area contributed by atoms with E-state index in [2.05, 4.69) is 5.32 Å². The van der Waals surface area contributed by atoms with Gasteiger partial charge in [-0.1, -0.05) is 30.3 Å². The average molecular weight is 231 g/mol. The minimum atomic E-state index is -0.227. The van der Waals surface area contributed by atoms with Gasteiger partial charge in [-0.2, -0.15) is 0 Å². The van der Waals surface area contributed by atoms with Crippen LogP contribution in [0, 0.1) is 5.82 Å². The van der Waals surface area contributed by atoms with Crippen LogP contribution < -0.4 is 5.32 Å². The van der Waals surface area contributed by atoms with Crippen LogP contribution in [0.2, 0.25) is 0 Å². The third-order valence-electron chi connectivity index (χ3n) is 2.55. The van der Waals surface area contributed by atoms with Crippen molar-refractivity contribution in [1.29, 1.82) is 0 Å². The predicted molar refractivity (Wildman–Crippen MR) is 65.1 cm³/mol. The standard InChI is InChI=1S/C14H14FNO/c15-13-7-5-11(6-8-13)9-16-10-12-3-1-2-4-14(12)17/h1-8,16-17H,9-10H2. The van der Waals surface area contributed by atoms with Crippen molar-refractivity contribution in [3.05, 3.63) is 65.5 Å². The molecule has 3 heteroatoms. The summed E-state index contributed by atoms with van der Waals surface area (Å²) in [5.74, 6) is 0.0635. The first-order valence-electron chi connectivity index (χ1n) is 5.48. The van der Waals surface area contributed by atoms with E-state index in [-0.39, 0.29) is 5.82 Å². The fourth-order valence-corrected chi connectivity index (χ4v) is 1.60. The highest BCUT2D eigenvalue weighted by Gasteiger charge is 1.99. The zero-order chi connectivity index (χ0) is 12.1. The molecule has 0 aliphatic rings. The summed E-state index contributed by atoms with van der Waals surface area (Å²) < 4.78 is 12.7.